The molecular formula is C16H31N5O5. The zero-order chi connectivity index (χ0) is 20.3. The number of nitrogens with two attached hydrogens (primary N) is 3. The van der Waals surface area contributed by atoms with Gasteiger partial charge in [-0.2, -0.15) is 0 Å². The Morgan fingerprint density at radius 3 is 2.00 bits per heavy atom. The molecule has 0 saturated carbocycles. The van der Waals surface area contributed by atoms with Crippen LogP contribution in [0.2, 0.25) is 0 Å². The molecule has 0 aliphatic rings. The minimum atomic E-state index is -1.19. The van der Waals surface area contributed by atoms with Gasteiger partial charge >= 0.3 is 5.97 Å². The van der Waals surface area contributed by atoms with Gasteiger partial charge in [-0.1, -0.05) is 13.8 Å². The Morgan fingerprint density at radius 2 is 1.54 bits per heavy atom. The highest BCUT2D eigenvalue weighted by Gasteiger charge is 2.28. The van der Waals surface area contributed by atoms with E-state index < -0.39 is 41.8 Å². The molecule has 3 amide bonds. The molecule has 3 unspecified atom stereocenters. The van der Waals surface area contributed by atoms with Crippen LogP contribution in [-0.4, -0.2) is 53.5 Å². The van der Waals surface area contributed by atoms with E-state index >= 15 is 0 Å². The Labute approximate surface area is 153 Å². The van der Waals surface area contributed by atoms with Crippen molar-refractivity contribution in [3.8, 4) is 0 Å². The largest absolute Gasteiger partial charge is 0.480 e. The standard InChI is InChI=1S/C16H31N5O5/c1-9(2)13(19)15(24)20-10(6-7-12(18)22)14(23)21-11(16(25)26)5-3-4-8-17/h9-11,13H,3-8,17,19H2,1-2H3,(H2,18,22)(H,20,24)(H,21,23)(H,25,26). The zero-order valence-electron chi connectivity index (χ0n) is 15.4. The molecule has 0 radical (unpaired) electrons. The Balaban J connectivity index is 5.02. The van der Waals surface area contributed by atoms with Gasteiger partial charge in [-0.3, -0.25) is 14.4 Å². The monoisotopic (exact) mass is 373 g/mol. The number of rotatable bonds is 13. The van der Waals surface area contributed by atoms with Crippen LogP contribution < -0.4 is 27.8 Å². The van der Waals surface area contributed by atoms with Gasteiger partial charge in [0.25, 0.3) is 0 Å². The zero-order valence-corrected chi connectivity index (χ0v) is 15.4. The first kappa shape index (κ1) is 23.8. The fraction of sp³-hybridized carbons (Fsp3) is 0.750. The van der Waals surface area contributed by atoms with Crippen molar-refractivity contribution in [2.24, 2.45) is 23.1 Å². The summed E-state index contributed by atoms with van der Waals surface area (Å²) in [6.07, 6.45) is 1.18. The molecule has 0 aromatic carbocycles. The van der Waals surface area contributed by atoms with Crippen LogP contribution in [0.15, 0.2) is 0 Å². The van der Waals surface area contributed by atoms with E-state index in [9.17, 15) is 24.3 Å². The van der Waals surface area contributed by atoms with E-state index in [1.54, 1.807) is 13.8 Å². The number of aliphatic carboxylic acids is 1. The summed E-state index contributed by atoms with van der Waals surface area (Å²) in [5, 5.41) is 14.1. The number of unbranched alkanes of at least 4 members (excludes halogenated alkanes) is 1. The highest BCUT2D eigenvalue weighted by atomic mass is 16.4. The average Bonchev–Trinajstić information content (AvgIpc) is 2.56. The fourth-order valence-corrected chi connectivity index (χ4v) is 2.15. The lowest BCUT2D eigenvalue weighted by atomic mass is 10.0. The summed E-state index contributed by atoms with van der Waals surface area (Å²) in [5.41, 5.74) is 16.2. The van der Waals surface area contributed by atoms with Crippen LogP contribution in [0.4, 0.5) is 0 Å². The molecule has 10 heteroatoms. The van der Waals surface area contributed by atoms with Crippen molar-refractivity contribution in [1.82, 2.24) is 10.6 Å². The third-order valence-electron chi connectivity index (χ3n) is 3.89. The van der Waals surface area contributed by atoms with Crippen LogP contribution in [0.3, 0.4) is 0 Å². The molecule has 0 bridgehead atoms. The number of primary amides is 1. The molecule has 0 aliphatic carbocycles. The van der Waals surface area contributed by atoms with Gasteiger partial charge in [0.05, 0.1) is 6.04 Å². The first-order valence-electron chi connectivity index (χ1n) is 8.67. The summed E-state index contributed by atoms with van der Waals surface area (Å²) < 4.78 is 0. The summed E-state index contributed by atoms with van der Waals surface area (Å²) in [4.78, 5) is 46.9. The molecule has 10 nitrogen and oxygen atoms in total. The van der Waals surface area contributed by atoms with E-state index in [2.05, 4.69) is 10.6 Å². The number of carboxylic acid groups (broad SMARTS) is 1. The van der Waals surface area contributed by atoms with Crippen LogP contribution >= 0.6 is 0 Å². The van der Waals surface area contributed by atoms with Crippen molar-refractivity contribution in [1.29, 1.82) is 0 Å². The predicted molar refractivity (Wildman–Crippen MR) is 95.6 cm³/mol. The smallest absolute Gasteiger partial charge is 0.326 e. The maximum Gasteiger partial charge on any atom is 0.326 e. The topological polar surface area (TPSA) is 191 Å². The summed E-state index contributed by atoms with van der Waals surface area (Å²) in [7, 11) is 0. The molecule has 150 valence electrons. The minimum absolute atomic E-state index is 0.0487. The second-order valence-corrected chi connectivity index (χ2v) is 6.52. The fourth-order valence-electron chi connectivity index (χ4n) is 2.15. The normalized spacial score (nSPS) is 14.3. The van der Waals surface area contributed by atoms with Crippen LogP contribution in [0.25, 0.3) is 0 Å². The molecule has 9 N–H and O–H groups in total. The average molecular weight is 373 g/mol. The van der Waals surface area contributed by atoms with E-state index in [4.69, 9.17) is 17.2 Å². The summed E-state index contributed by atoms with van der Waals surface area (Å²) >= 11 is 0. The molecule has 3 atom stereocenters. The van der Waals surface area contributed by atoms with Gasteiger partial charge in [-0.25, -0.2) is 4.79 Å². The van der Waals surface area contributed by atoms with E-state index in [0.717, 1.165) is 0 Å². The van der Waals surface area contributed by atoms with Crippen molar-refractivity contribution in [3.63, 3.8) is 0 Å². The lowest BCUT2D eigenvalue weighted by Crippen LogP contribution is -2.55. The van der Waals surface area contributed by atoms with Crippen LogP contribution in [0, 0.1) is 5.92 Å². The second-order valence-electron chi connectivity index (χ2n) is 6.52. The number of hydrogen-bond acceptors (Lipinski definition) is 6. The molecule has 26 heavy (non-hydrogen) atoms. The van der Waals surface area contributed by atoms with Gasteiger partial charge in [0.1, 0.15) is 12.1 Å². The number of carbonyl (C=O) groups is 4. The summed E-state index contributed by atoms with van der Waals surface area (Å²) in [5.74, 6) is -3.23. The molecule has 0 aliphatic heterocycles. The number of carboxylic acids is 1. The van der Waals surface area contributed by atoms with E-state index in [1.807, 2.05) is 0 Å². The SMILES string of the molecule is CC(C)C(N)C(=O)NC(CCC(N)=O)C(=O)NC(CCCCN)C(=O)O. The molecule has 0 rings (SSSR count). The van der Waals surface area contributed by atoms with E-state index in [-0.39, 0.29) is 25.2 Å². The predicted octanol–water partition coefficient (Wildman–Crippen LogP) is -1.58. The van der Waals surface area contributed by atoms with Crippen molar-refractivity contribution < 1.29 is 24.3 Å². The van der Waals surface area contributed by atoms with Crippen molar-refractivity contribution >= 4 is 23.7 Å². The van der Waals surface area contributed by atoms with Crippen molar-refractivity contribution in [2.75, 3.05) is 6.54 Å². The van der Waals surface area contributed by atoms with E-state index in [1.165, 1.54) is 0 Å². The van der Waals surface area contributed by atoms with Gasteiger partial charge in [0.2, 0.25) is 17.7 Å². The number of amides is 3. The van der Waals surface area contributed by atoms with Gasteiger partial charge in [0, 0.05) is 6.42 Å². The maximum atomic E-state index is 12.4. The molecule has 0 saturated heterocycles. The van der Waals surface area contributed by atoms with E-state index in [0.29, 0.717) is 19.4 Å². The number of hydrogen-bond donors (Lipinski definition) is 6. The van der Waals surface area contributed by atoms with Gasteiger partial charge in [-0.05, 0) is 38.1 Å². The Kier molecular flexibility index (Phi) is 11.2. The molecule has 0 spiro atoms. The first-order chi connectivity index (χ1) is 12.1. The Morgan fingerprint density at radius 1 is 0.962 bits per heavy atom. The molecule has 0 aromatic heterocycles. The quantitative estimate of drug-likeness (QED) is 0.210. The molecule has 0 aromatic rings. The lowest BCUT2D eigenvalue weighted by Gasteiger charge is -2.23. The Bertz CT molecular complexity index is 497. The van der Waals surface area contributed by atoms with Crippen molar-refractivity contribution in [2.45, 2.75) is 64.1 Å². The number of carbonyl (C=O) groups excluding carboxylic acids is 3. The van der Waals surface area contributed by atoms with Crippen molar-refractivity contribution in [3.05, 3.63) is 0 Å². The minimum Gasteiger partial charge on any atom is -0.480 e. The van der Waals surface area contributed by atoms with Gasteiger partial charge < -0.3 is 32.9 Å². The van der Waals surface area contributed by atoms with Gasteiger partial charge in [0.15, 0.2) is 0 Å². The highest BCUT2D eigenvalue weighted by molar-refractivity contribution is 5.92. The highest BCUT2D eigenvalue weighted by Crippen LogP contribution is 2.05. The third-order valence-corrected chi connectivity index (χ3v) is 3.89. The number of nitrogens with one attached hydrogen (secondary N) is 2. The Hall–Kier alpha value is -2.20. The van der Waals surface area contributed by atoms with Crippen LogP contribution in [0.5, 0.6) is 0 Å². The molecular weight excluding hydrogens is 342 g/mol. The summed E-state index contributed by atoms with van der Waals surface area (Å²) in [6.45, 7) is 3.92. The van der Waals surface area contributed by atoms with Crippen LogP contribution in [0.1, 0.15) is 46.0 Å². The van der Waals surface area contributed by atoms with Gasteiger partial charge in [-0.15, -0.1) is 0 Å². The molecule has 0 fully saturated rings. The maximum absolute atomic E-state index is 12.4. The lowest BCUT2D eigenvalue weighted by molar-refractivity contribution is -0.142. The third kappa shape index (κ3) is 9.33. The second kappa shape index (κ2) is 12.2. The van der Waals surface area contributed by atoms with Crippen LogP contribution in [-0.2, 0) is 19.2 Å². The molecule has 0 heterocycles. The summed E-state index contributed by atoms with van der Waals surface area (Å²) in [6, 6.07) is -3.05. The first-order valence-corrected chi connectivity index (χ1v) is 8.67.